The summed E-state index contributed by atoms with van der Waals surface area (Å²) < 4.78 is 5.31. The van der Waals surface area contributed by atoms with Crippen LogP contribution in [0.15, 0.2) is 12.1 Å². The summed E-state index contributed by atoms with van der Waals surface area (Å²) >= 11 is 0. The van der Waals surface area contributed by atoms with Gasteiger partial charge >= 0.3 is 0 Å². The summed E-state index contributed by atoms with van der Waals surface area (Å²) in [5.41, 5.74) is 2.78. The zero-order chi connectivity index (χ0) is 12.6. The predicted octanol–water partition coefficient (Wildman–Crippen LogP) is 2.12. The normalized spacial score (nSPS) is 18.9. The van der Waals surface area contributed by atoms with E-state index in [9.17, 15) is 10.2 Å². The first-order chi connectivity index (χ1) is 8.04. The summed E-state index contributed by atoms with van der Waals surface area (Å²) in [6.45, 7) is 3.93. The van der Waals surface area contributed by atoms with E-state index in [1.807, 2.05) is 26.0 Å². The van der Waals surface area contributed by atoms with E-state index in [1.54, 1.807) is 7.11 Å². The molecule has 0 heterocycles. The van der Waals surface area contributed by atoms with Gasteiger partial charge in [-0.25, -0.2) is 0 Å². The SMILES string of the molecule is COc1cc(C)cc(C)c1C(O)C(O)C1CC1. The van der Waals surface area contributed by atoms with Gasteiger partial charge in [0.25, 0.3) is 0 Å². The van der Waals surface area contributed by atoms with E-state index in [4.69, 9.17) is 4.74 Å². The molecular weight excluding hydrogens is 216 g/mol. The van der Waals surface area contributed by atoms with Crippen molar-refractivity contribution < 1.29 is 14.9 Å². The van der Waals surface area contributed by atoms with Crippen LogP contribution < -0.4 is 4.74 Å². The molecule has 3 nitrogen and oxygen atoms in total. The highest BCUT2D eigenvalue weighted by Crippen LogP contribution is 2.41. The molecule has 0 bridgehead atoms. The first-order valence-corrected chi connectivity index (χ1v) is 6.06. The van der Waals surface area contributed by atoms with Gasteiger partial charge in [-0.2, -0.15) is 0 Å². The number of rotatable bonds is 4. The summed E-state index contributed by atoms with van der Waals surface area (Å²) in [5, 5.41) is 20.3. The lowest BCUT2D eigenvalue weighted by Crippen LogP contribution is -2.21. The molecule has 94 valence electrons. The molecule has 3 heteroatoms. The van der Waals surface area contributed by atoms with Crippen molar-refractivity contribution in [2.45, 2.75) is 38.9 Å². The van der Waals surface area contributed by atoms with Gasteiger partial charge in [0, 0.05) is 5.56 Å². The number of aliphatic hydroxyl groups is 2. The van der Waals surface area contributed by atoms with E-state index in [-0.39, 0.29) is 5.92 Å². The fourth-order valence-corrected chi connectivity index (χ4v) is 2.35. The molecule has 1 aromatic rings. The molecule has 2 unspecified atom stereocenters. The Hall–Kier alpha value is -1.06. The lowest BCUT2D eigenvalue weighted by Gasteiger charge is -2.22. The van der Waals surface area contributed by atoms with E-state index in [1.165, 1.54) is 0 Å². The van der Waals surface area contributed by atoms with E-state index in [0.717, 1.165) is 29.5 Å². The molecule has 1 aliphatic rings. The molecule has 1 fully saturated rings. The van der Waals surface area contributed by atoms with Crippen molar-refractivity contribution in [1.82, 2.24) is 0 Å². The van der Waals surface area contributed by atoms with Crippen LogP contribution in [0.3, 0.4) is 0 Å². The number of methoxy groups -OCH3 is 1. The van der Waals surface area contributed by atoms with Crippen LogP contribution in [-0.4, -0.2) is 23.4 Å². The van der Waals surface area contributed by atoms with Gasteiger partial charge in [-0.3, -0.25) is 0 Å². The molecule has 1 saturated carbocycles. The molecule has 2 rings (SSSR count). The fraction of sp³-hybridized carbons (Fsp3) is 0.571. The molecule has 0 saturated heterocycles. The zero-order valence-corrected chi connectivity index (χ0v) is 10.6. The van der Waals surface area contributed by atoms with Crippen molar-refractivity contribution in [1.29, 1.82) is 0 Å². The van der Waals surface area contributed by atoms with Crippen molar-refractivity contribution >= 4 is 0 Å². The van der Waals surface area contributed by atoms with Crippen molar-refractivity contribution in [2.75, 3.05) is 7.11 Å². The Bertz CT molecular complexity index is 410. The van der Waals surface area contributed by atoms with Crippen LogP contribution in [0, 0.1) is 19.8 Å². The van der Waals surface area contributed by atoms with Crippen molar-refractivity contribution in [3.8, 4) is 5.75 Å². The largest absolute Gasteiger partial charge is 0.496 e. The molecule has 0 radical (unpaired) electrons. The minimum Gasteiger partial charge on any atom is -0.496 e. The third kappa shape index (κ3) is 2.45. The van der Waals surface area contributed by atoms with Crippen LogP contribution in [0.2, 0.25) is 0 Å². The van der Waals surface area contributed by atoms with Gasteiger partial charge in [-0.15, -0.1) is 0 Å². The third-order valence-electron chi connectivity index (χ3n) is 3.44. The summed E-state index contributed by atoms with van der Waals surface area (Å²) in [6, 6.07) is 3.89. The van der Waals surface area contributed by atoms with E-state index < -0.39 is 12.2 Å². The smallest absolute Gasteiger partial charge is 0.125 e. The van der Waals surface area contributed by atoms with Gasteiger partial charge in [0.15, 0.2) is 0 Å². The topological polar surface area (TPSA) is 49.7 Å². The van der Waals surface area contributed by atoms with Crippen LogP contribution in [0.25, 0.3) is 0 Å². The monoisotopic (exact) mass is 236 g/mol. The maximum atomic E-state index is 10.3. The molecule has 0 spiro atoms. The quantitative estimate of drug-likeness (QED) is 0.842. The molecular formula is C14H20O3. The Morgan fingerprint density at radius 3 is 2.41 bits per heavy atom. The highest BCUT2D eigenvalue weighted by Gasteiger charge is 2.36. The predicted molar refractivity (Wildman–Crippen MR) is 66.2 cm³/mol. The molecule has 2 atom stereocenters. The van der Waals surface area contributed by atoms with Crippen molar-refractivity contribution in [3.05, 3.63) is 28.8 Å². The maximum absolute atomic E-state index is 10.3. The molecule has 17 heavy (non-hydrogen) atoms. The van der Waals surface area contributed by atoms with Crippen LogP contribution in [0.4, 0.5) is 0 Å². The highest BCUT2D eigenvalue weighted by atomic mass is 16.5. The maximum Gasteiger partial charge on any atom is 0.125 e. The Morgan fingerprint density at radius 1 is 1.24 bits per heavy atom. The average molecular weight is 236 g/mol. The Morgan fingerprint density at radius 2 is 1.88 bits per heavy atom. The minimum absolute atomic E-state index is 0.246. The zero-order valence-electron chi connectivity index (χ0n) is 10.6. The highest BCUT2D eigenvalue weighted by molar-refractivity contribution is 5.45. The van der Waals surface area contributed by atoms with Crippen LogP contribution in [0.1, 0.15) is 35.6 Å². The number of hydrogen-bond acceptors (Lipinski definition) is 3. The van der Waals surface area contributed by atoms with Crippen LogP contribution in [-0.2, 0) is 0 Å². The van der Waals surface area contributed by atoms with E-state index in [0.29, 0.717) is 5.75 Å². The number of ether oxygens (including phenoxy) is 1. The van der Waals surface area contributed by atoms with E-state index >= 15 is 0 Å². The summed E-state index contributed by atoms with van der Waals surface area (Å²) in [5.74, 6) is 0.908. The summed E-state index contributed by atoms with van der Waals surface area (Å²) in [6.07, 6.45) is 0.486. The summed E-state index contributed by atoms with van der Waals surface area (Å²) in [4.78, 5) is 0. The second-order valence-corrected chi connectivity index (χ2v) is 4.97. The second-order valence-electron chi connectivity index (χ2n) is 4.97. The van der Waals surface area contributed by atoms with Gasteiger partial charge in [0.05, 0.1) is 13.2 Å². The second kappa shape index (κ2) is 4.67. The van der Waals surface area contributed by atoms with Gasteiger partial charge < -0.3 is 14.9 Å². The van der Waals surface area contributed by atoms with Gasteiger partial charge in [-0.1, -0.05) is 6.07 Å². The fourth-order valence-electron chi connectivity index (χ4n) is 2.35. The standard InChI is InChI=1S/C14H20O3/c1-8-6-9(2)12(11(7-8)17-3)14(16)13(15)10-4-5-10/h6-7,10,13-16H,4-5H2,1-3H3. The molecule has 1 aromatic carbocycles. The number of aliphatic hydroxyl groups excluding tert-OH is 2. The summed E-state index contributed by atoms with van der Waals surface area (Å²) in [7, 11) is 1.59. The van der Waals surface area contributed by atoms with E-state index in [2.05, 4.69) is 0 Å². The van der Waals surface area contributed by atoms with Crippen molar-refractivity contribution in [3.63, 3.8) is 0 Å². The van der Waals surface area contributed by atoms with Gasteiger partial charge in [-0.05, 0) is 49.8 Å². The first-order valence-electron chi connectivity index (χ1n) is 6.06. The van der Waals surface area contributed by atoms with Gasteiger partial charge in [0.1, 0.15) is 11.9 Å². The van der Waals surface area contributed by atoms with Crippen LogP contribution in [0.5, 0.6) is 5.75 Å². The molecule has 1 aliphatic carbocycles. The third-order valence-corrected chi connectivity index (χ3v) is 3.44. The lowest BCUT2D eigenvalue weighted by molar-refractivity contribution is 0.00325. The van der Waals surface area contributed by atoms with Crippen molar-refractivity contribution in [2.24, 2.45) is 5.92 Å². The Balaban J connectivity index is 2.35. The number of aryl methyl sites for hydroxylation is 2. The first kappa shape index (κ1) is 12.4. The molecule has 0 aromatic heterocycles. The number of hydrogen-bond donors (Lipinski definition) is 2. The molecule has 2 N–H and O–H groups in total. The number of benzene rings is 1. The lowest BCUT2D eigenvalue weighted by atomic mass is 9.94. The molecule has 0 aliphatic heterocycles. The molecule has 0 amide bonds. The Labute approximate surface area is 102 Å². The average Bonchev–Trinajstić information content (AvgIpc) is 3.09. The minimum atomic E-state index is -0.849. The van der Waals surface area contributed by atoms with Crippen LogP contribution >= 0.6 is 0 Å². The van der Waals surface area contributed by atoms with Gasteiger partial charge in [0.2, 0.25) is 0 Å². The Kier molecular flexibility index (Phi) is 3.40.